The highest BCUT2D eigenvalue weighted by atomic mass is 35.5. The van der Waals surface area contributed by atoms with Crippen LogP contribution in [0.2, 0.25) is 0 Å². The van der Waals surface area contributed by atoms with Crippen molar-refractivity contribution < 1.29 is 9.90 Å². The number of hydrogen-bond donors (Lipinski definition) is 2. The number of carboxylic acid groups (broad SMARTS) is 1. The van der Waals surface area contributed by atoms with Crippen molar-refractivity contribution in [3.8, 4) is 0 Å². The molecule has 0 aliphatic rings. The molecule has 0 saturated heterocycles. The molecule has 12 heavy (non-hydrogen) atoms. The summed E-state index contributed by atoms with van der Waals surface area (Å²) in [4.78, 5) is 10.5. The summed E-state index contributed by atoms with van der Waals surface area (Å²) in [6.45, 7) is 7.73. The maximum Gasteiger partial charge on any atom is 0.320 e. The SMILES string of the molecule is CC[C@H](NC(C)(C)C)C(=O)O.Cl. The van der Waals surface area contributed by atoms with Gasteiger partial charge in [0.1, 0.15) is 6.04 Å². The lowest BCUT2D eigenvalue weighted by atomic mass is 10.1. The zero-order chi connectivity index (χ0) is 9.07. The van der Waals surface area contributed by atoms with Gasteiger partial charge in [0.15, 0.2) is 0 Å². The minimum atomic E-state index is -0.776. The molecule has 2 N–H and O–H groups in total. The summed E-state index contributed by atoms with van der Waals surface area (Å²) in [5.74, 6) is -0.776. The number of rotatable bonds is 3. The topological polar surface area (TPSA) is 49.3 Å². The lowest BCUT2D eigenvalue weighted by Gasteiger charge is -2.24. The van der Waals surface area contributed by atoms with E-state index in [-0.39, 0.29) is 17.9 Å². The number of carbonyl (C=O) groups is 1. The van der Waals surface area contributed by atoms with Crippen LogP contribution in [-0.4, -0.2) is 22.7 Å². The Labute approximate surface area is 80.0 Å². The largest absolute Gasteiger partial charge is 0.480 e. The lowest BCUT2D eigenvalue weighted by Crippen LogP contribution is -2.47. The van der Waals surface area contributed by atoms with E-state index in [1.54, 1.807) is 0 Å². The fraction of sp³-hybridized carbons (Fsp3) is 0.875. The highest BCUT2D eigenvalue weighted by molar-refractivity contribution is 5.85. The monoisotopic (exact) mass is 195 g/mol. The molecule has 0 radical (unpaired) electrons. The number of carboxylic acids is 1. The summed E-state index contributed by atoms with van der Waals surface area (Å²) < 4.78 is 0. The summed E-state index contributed by atoms with van der Waals surface area (Å²) in [5.41, 5.74) is -0.126. The summed E-state index contributed by atoms with van der Waals surface area (Å²) >= 11 is 0. The van der Waals surface area contributed by atoms with Crippen LogP contribution in [0, 0.1) is 0 Å². The van der Waals surface area contributed by atoms with Gasteiger partial charge >= 0.3 is 5.97 Å². The summed E-state index contributed by atoms with van der Waals surface area (Å²) in [6.07, 6.45) is 0.618. The molecule has 0 saturated carbocycles. The van der Waals surface area contributed by atoms with Crippen LogP contribution in [0.15, 0.2) is 0 Å². The second kappa shape index (κ2) is 5.38. The molecule has 0 aromatic carbocycles. The Balaban J connectivity index is 0. The van der Waals surface area contributed by atoms with Gasteiger partial charge in [-0.15, -0.1) is 12.4 Å². The standard InChI is InChI=1S/C8H17NO2.ClH/c1-5-6(7(10)11)9-8(2,3)4;/h6,9H,5H2,1-4H3,(H,10,11);1H/t6-;/m0./s1. The van der Waals surface area contributed by atoms with Crippen LogP contribution in [0.3, 0.4) is 0 Å². The molecule has 1 atom stereocenters. The van der Waals surface area contributed by atoms with Crippen LogP contribution in [0.4, 0.5) is 0 Å². The van der Waals surface area contributed by atoms with Crippen LogP contribution in [0.1, 0.15) is 34.1 Å². The molecule has 0 aromatic rings. The molecule has 0 heterocycles. The Morgan fingerprint density at radius 2 is 1.92 bits per heavy atom. The minimum Gasteiger partial charge on any atom is -0.480 e. The molecule has 0 aliphatic heterocycles. The molecular weight excluding hydrogens is 178 g/mol. The van der Waals surface area contributed by atoms with Crippen molar-refractivity contribution in [2.75, 3.05) is 0 Å². The first-order chi connectivity index (χ1) is 4.87. The summed E-state index contributed by atoms with van der Waals surface area (Å²) in [5, 5.41) is 11.7. The highest BCUT2D eigenvalue weighted by Gasteiger charge is 2.20. The van der Waals surface area contributed by atoms with Gasteiger partial charge in [-0.25, -0.2) is 0 Å². The predicted molar refractivity (Wildman–Crippen MR) is 51.9 cm³/mol. The lowest BCUT2D eigenvalue weighted by molar-refractivity contribution is -0.140. The molecule has 0 bridgehead atoms. The number of hydrogen-bond acceptors (Lipinski definition) is 2. The Bertz CT molecular complexity index is 142. The summed E-state index contributed by atoms with van der Waals surface area (Å²) in [7, 11) is 0. The van der Waals surface area contributed by atoms with E-state index in [1.165, 1.54) is 0 Å². The van der Waals surface area contributed by atoms with Crippen molar-refractivity contribution in [1.29, 1.82) is 0 Å². The zero-order valence-electron chi connectivity index (χ0n) is 8.05. The van der Waals surface area contributed by atoms with E-state index in [9.17, 15) is 4.79 Å². The Morgan fingerprint density at radius 3 is 2.00 bits per heavy atom. The third-order valence-corrected chi connectivity index (χ3v) is 1.31. The van der Waals surface area contributed by atoms with Crippen molar-refractivity contribution in [3.63, 3.8) is 0 Å². The van der Waals surface area contributed by atoms with Crippen molar-refractivity contribution in [1.82, 2.24) is 5.32 Å². The van der Waals surface area contributed by atoms with Crippen molar-refractivity contribution >= 4 is 18.4 Å². The first-order valence-electron chi connectivity index (χ1n) is 3.87. The quantitative estimate of drug-likeness (QED) is 0.720. The molecule has 3 nitrogen and oxygen atoms in total. The van der Waals surface area contributed by atoms with Crippen molar-refractivity contribution in [2.24, 2.45) is 0 Å². The molecule has 0 fully saturated rings. The third kappa shape index (κ3) is 6.43. The zero-order valence-corrected chi connectivity index (χ0v) is 8.86. The van der Waals surface area contributed by atoms with E-state index in [0.717, 1.165) is 0 Å². The molecule has 0 aliphatic carbocycles. The number of nitrogens with one attached hydrogen (secondary N) is 1. The molecule has 74 valence electrons. The maximum absolute atomic E-state index is 10.5. The normalized spacial score (nSPS) is 13.3. The number of aliphatic carboxylic acids is 1. The molecule has 0 aromatic heterocycles. The van der Waals surface area contributed by atoms with Gasteiger partial charge in [0.05, 0.1) is 0 Å². The summed E-state index contributed by atoms with van der Waals surface area (Å²) in [6, 6.07) is -0.421. The van der Waals surface area contributed by atoms with E-state index in [4.69, 9.17) is 5.11 Å². The minimum absolute atomic E-state index is 0. The average Bonchev–Trinajstić information content (AvgIpc) is 1.80. The smallest absolute Gasteiger partial charge is 0.320 e. The molecule has 0 amide bonds. The van der Waals surface area contributed by atoms with Gasteiger partial charge in [-0.2, -0.15) is 0 Å². The van der Waals surface area contributed by atoms with Crippen LogP contribution < -0.4 is 5.32 Å². The van der Waals surface area contributed by atoms with Gasteiger partial charge in [-0.1, -0.05) is 6.92 Å². The van der Waals surface area contributed by atoms with E-state index in [0.29, 0.717) is 6.42 Å². The molecular formula is C8H18ClNO2. The first kappa shape index (κ1) is 14.3. The van der Waals surface area contributed by atoms with E-state index >= 15 is 0 Å². The third-order valence-electron chi connectivity index (χ3n) is 1.31. The van der Waals surface area contributed by atoms with Crippen LogP contribution in [0.25, 0.3) is 0 Å². The van der Waals surface area contributed by atoms with Gasteiger partial charge in [-0.05, 0) is 27.2 Å². The van der Waals surface area contributed by atoms with Gasteiger partial charge in [-0.3, -0.25) is 10.1 Å². The maximum atomic E-state index is 10.5. The van der Waals surface area contributed by atoms with E-state index < -0.39 is 12.0 Å². The highest BCUT2D eigenvalue weighted by Crippen LogP contribution is 2.03. The van der Waals surface area contributed by atoms with Gasteiger partial charge in [0, 0.05) is 5.54 Å². The van der Waals surface area contributed by atoms with Crippen molar-refractivity contribution in [2.45, 2.75) is 45.7 Å². The first-order valence-corrected chi connectivity index (χ1v) is 3.87. The van der Waals surface area contributed by atoms with Crippen LogP contribution in [0.5, 0.6) is 0 Å². The van der Waals surface area contributed by atoms with E-state index in [2.05, 4.69) is 5.32 Å². The Kier molecular flexibility index (Phi) is 6.39. The van der Waals surface area contributed by atoms with Crippen molar-refractivity contribution in [3.05, 3.63) is 0 Å². The fourth-order valence-electron chi connectivity index (χ4n) is 0.861. The number of halogens is 1. The van der Waals surface area contributed by atoms with Crippen LogP contribution >= 0.6 is 12.4 Å². The molecule has 0 spiro atoms. The van der Waals surface area contributed by atoms with E-state index in [1.807, 2.05) is 27.7 Å². The van der Waals surface area contributed by atoms with Gasteiger partial charge < -0.3 is 5.11 Å². The Hall–Kier alpha value is -0.280. The van der Waals surface area contributed by atoms with Gasteiger partial charge in [0.2, 0.25) is 0 Å². The second-order valence-corrected chi connectivity index (χ2v) is 3.69. The Morgan fingerprint density at radius 1 is 1.50 bits per heavy atom. The second-order valence-electron chi connectivity index (χ2n) is 3.69. The molecule has 0 unspecified atom stereocenters. The van der Waals surface area contributed by atoms with Gasteiger partial charge in [0.25, 0.3) is 0 Å². The molecule has 0 rings (SSSR count). The average molecular weight is 196 g/mol. The predicted octanol–water partition coefficient (Wildman–Crippen LogP) is 1.66. The van der Waals surface area contributed by atoms with Crippen LogP contribution in [-0.2, 0) is 4.79 Å². The molecule has 4 heteroatoms. The fourth-order valence-corrected chi connectivity index (χ4v) is 0.861.